The van der Waals surface area contributed by atoms with Crippen LogP contribution in [-0.2, 0) is 6.54 Å². The highest BCUT2D eigenvalue weighted by Gasteiger charge is 2.05. The number of aromatic nitrogens is 4. The van der Waals surface area contributed by atoms with Gasteiger partial charge in [-0.1, -0.05) is 18.2 Å². The van der Waals surface area contributed by atoms with Crippen LogP contribution in [0.4, 0.5) is 5.82 Å². The Hall–Kier alpha value is -3.15. The van der Waals surface area contributed by atoms with Crippen LogP contribution in [0.2, 0.25) is 0 Å². The predicted molar refractivity (Wildman–Crippen MR) is 93.3 cm³/mol. The molecule has 2 heterocycles. The number of benzene rings is 2. The maximum Gasteiger partial charge on any atom is 0.254 e. The van der Waals surface area contributed by atoms with E-state index in [4.69, 9.17) is 4.74 Å². The second-order valence-corrected chi connectivity index (χ2v) is 5.66. The zero-order chi connectivity index (χ0) is 16.5. The lowest BCUT2D eigenvalue weighted by Crippen LogP contribution is -2.06. The molecule has 0 amide bonds. The maximum absolute atomic E-state index is 5.27. The van der Waals surface area contributed by atoms with Gasteiger partial charge in [0.2, 0.25) is 0 Å². The number of aryl methyl sites for hydroxylation is 1. The molecule has 1 N–H and O–H groups in total. The summed E-state index contributed by atoms with van der Waals surface area (Å²) in [6.07, 6.45) is 1.51. The summed E-state index contributed by atoms with van der Waals surface area (Å²) >= 11 is 0. The molecule has 2 aromatic carbocycles. The largest absolute Gasteiger partial charge is 0.497 e. The number of anilines is 1. The molecule has 4 rings (SSSR count). The van der Waals surface area contributed by atoms with Gasteiger partial charge in [-0.3, -0.25) is 0 Å². The van der Waals surface area contributed by atoms with E-state index in [-0.39, 0.29) is 0 Å². The average Bonchev–Trinajstić information content (AvgIpc) is 3.07. The van der Waals surface area contributed by atoms with E-state index in [1.54, 1.807) is 11.6 Å². The Morgan fingerprint density at radius 1 is 1.08 bits per heavy atom. The molecule has 0 spiro atoms. The third kappa shape index (κ3) is 2.62. The summed E-state index contributed by atoms with van der Waals surface area (Å²) in [6, 6.07) is 14.5. The van der Waals surface area contributed by atoms with Gasteiger partial charge in [-0.05, 0) is 41.5 Å². The lowest BCUT2D eigenvalue weighted by atomic mass is 10.1. The number of rotatable bonds is 4. The molecule has 0 aliphatic rings. The Kier molecular flexibility index (Phi) is 3.49. The summed E-state index contributed by atoms with van der Waals surface area (Å²) in [5, 5.41) is 9.97. The number of hydrogen-bond donors (Lipinski definition) is 1. The molecule has 0 saturated carbocycles. The minimum absolute atomic E-state index is 0.600. The number of hydrogen-bond acceptors (Lipinski definition) is 5. The van der Waals surface area contributed by atoms with Crippen LogP contribution < -0.4 is 10.1 Å². The first-order valence-electron chi connectivity index (χ1n) is 7.71. The quantitative estimate of drug-likeness (QED) is 0.626. The highest BCUT2D eigenvalue weighted by Crippen LogP contribution is 2.22. The lowest BCUT2D eigenvalue weighted by Gasteiger charge is -2.10. The molecule has 0 saturated heterocycles. The molecule has 6 heteroatoms. The van der Waals surface area contributed by atoms with Crippen molar-refractivity contribution in [2.45, 2.75) is 13.5 Å². The van der Waals surface area contributed by atoms with Gasteiger partial charge in [0.25, 0.3) is 5.78 Å². The van der Waals surface area contributed by atoms with Gasteiger partial charge in [-0.2, -0.15) is 14.6 Å². The summed E-state index contributed by atoms with van der Waals surface area (Å²) in [5.74, 6) is 2.35. The molecule has 0 aliphatic carbocycles. The van der Waals surface area contributed by atoms with Crippen LogP contribution in [-0.4, -0.2) is 26.7 Å². The van der Waals surface area contributed by atoms with E-state index >= 15 is 0 Å². The fourth-order valence-electron chi connectivity index (χ4n) is 2.76. The molecule has 0 bridgehead atoms. The highest BCUT2D eigenvalue weighted by atomic mass is 16.5. The number of methoxy groups -OCH3 is 1. The molecule has 0 atom stereocenters. The fourth-order valence-corrected chi connectivity index (χ4v) is 2.76. The highest BCUT2D eigenvalue weighted by molar-refractivity contribution is 5.84. The van der Waals surface area contributed by atoms with E-state index < -0.39 is 0 Å². The van der Waals surface area contributed by atoms with Gasteiger partial charge in [0.1, 0.15) is 17.9 Å². The van der Waals surface area contributed by atoms with E-state index in [0.29, 0.717) is 12.3 Å². The average molecular weight is 319 g/mol. The van der Waals surface area contributed by atoms with Crippen LogP contribution in [0.1, 0.15) is 11.3 Å². The Labute approximate surface area is 139 Å². The van der Waals surface area contributed by atoms with Crippen molar-refractivity contribution in [3.05, 3.63) is 60.0 Å². The van der Waals surface area contributed by atoms with Crippen LogP contribution >= 0.6 is 0 Å². The Bertz CT molecular complexity index is 1020. The van der Waals surface area contributed by atoms with Crippen LogP contribution in [0.25, 0.3) is 16.6 Å². The van der Waals surface area contributed by atoms with Gasteiger partial charge in [-0.15, -0.1) is 0 Å². The zero-order valence-corrected chi connectivity index (χ0v) is 13.5. The van der Waals surface area contributed by atoms with Gasteiger partial charge >= 0.3 is 0 Å². The van der Waals surface area contributed by atoms with Crippen LogP contribution in [0.5, 0.6) is 5.75 Å². The first-order chi connectivity index (χ1) is 11.7. The molecule has 0 aliphatic heterocycles. The molecular weight excluding hydrogens is 302 g/mol. The molecule has 4 aromatic rings. The van der Waals surface area contributed by atoms with Gasteiger partial charge in [-0.25, -0.2) is 4.98 Å². The molecule has 6 nitrogen and oxygen atoms in total. The van der Waals surface area contributed by atoms with Gasteiger partial charge < -0.3 is 10.1 Å². The smallest absolute Gasteiger partial charge is 0.254 e. The molecule has 24 heavy (non-hydrogen) atoms. The van der Waals surface area contributed by atoms with Crippen molar-refractivity contribution in [2.24, 2.45) is 0 Å². The van der Waals surface area contributed by atoms with Crippen molar-refractivity contribution in [3.63, 3.8) is 0 Å². The molecule has 2 aromatic heterocycles. The summed E-state index contributed by atoms with van der Waals surface area (Å²) in [4.78, 5) is 8.49. The number of nitrogens with zero attached hydrogens (tertiary/aromatic N) is 4. The third-order valence-electron chi connectivity index (χ3n) is 3.97. The Morgan fingerprint density at radius 2 is 1.92 bits per heavy atom. The standard InChI is InChI=1S/C18H17N5O/c1-12-7-17(23-18(22-12)20-11-21-23)19-10-13-3-4-15-9-16(24-2)6-5-14(15)8-13/h3-9,11,19H,10H2,1-2H3. The van der Waals surface area contributed by atoms with Crippen molar-refractivity contribution in [1.82, 2.24) is 19.6 Å². The lowest BCUT2D eigenvalue weighted by molar-refractivity contribution is 0.415. The molecular formula is C18H17N5O. The Morgan fingerprint density at radius 3 is 2.79 bits per heavy atom. The summed E-state index contributed by atoms with van der Waals surface area (Å²) in [5.41, 5.74) is 2.10. The van der Waals surface area contributed by atoms with Crippen LogP contribution in [0, 0.1) is 6.92 Å². The molecule has 0 fully saturated rings. The van der Waals surface area contributed by atoms with Crippen molar-refractivity contribution < 1.29 is 4.74 Å². The molecule has 0 radical (unpaired) electrons. The minimum Gasteiger partial charge on any atom is -0.497 e. The zero-order valence-electron chi connectivity index (χ0n) is 13.5. The topological polar surface area (TPSA) is 64.3 Å². The van der Waals surface area contributed by atoms with E-state index in [9.17, 15) is 0 Å². The van der Waals surface area contributed by atoms with E-state index in [2.05, 4.69) is 44.6 Å². The fraction of sp³-hybridized carbons (Fsp3) is 0.167. The number of nitrogens with one attached hydrogen (secondary N) is 1. The van der Waals surface area contributed by atoms with Gasteiger partial charge in [0.15, 0.2) is 0 Å². The molecule has 120 valence electrons. The van der Waals surface area contributed by atoms with Crippen LogP contribution in [0.3, 0.4) is 0 Å². The van der Waals surface area contributed by atoms with Crippen molar-refractivity contribution in [1.29, 1.82) is 0 Å². The SMILES string of the molecule is COc1ccc2cc(CNc3cc(C)nc4ncnn34)ccc2c1. The van der Waals surface area contributed by atoms with E-state index in [0.717, 1.165) is 22.6 Å². The molecule has 0 unspecified atom stereocenters. The summed E-state index contributed by atoms with van der Waals surface area (Å²) < 4.78 is 6.98. The van der Waals surface area contributed by atoms with Crippen molar-refractivity contribution in [2.75, 3.05) is 12.4 Å². The monoisotopic (exact) mass is 319 g/mol. The summed E-state index contributed by atoms with van der Waals surface area (Å²) in [6.45, 7) is 2.64. The number of ether oxygens (including phenoxy) is 1. The second-order valence-electron chi connectivity index (χ2n) is 5.66. The summed E-state index contributed by atoms with van der Waals surface area (Å²) in [7, 11) is 1.68. The van der Waals surface area contributed by atoms with Crippen LogP contribution in [0.15, 0.2) is 48.8 Å². The number of fused-ring (bicyclic) bond motifs is 2. The Balaban J connectivity index is 1.61. The first kappa shape index (κ1) is 14.4. The normalized spacial score (nSPS) is 11.1. The first-order valence-corrected chi connectivity index (χ1v) is 7.71. The minimum atomic E-state index is 0.600. The third-order valence-corrected chi connectivity index (χ3v) is 3.97. The predicted octanol–water partition coefficient (Wildman–Crippen LogP) is 3.21. The second kappa shape index (κ2) is 5.81. The van der Waals surface area contributed by atoms with E-state index in [1.807, 2.05) is 25.1 Å². The van der Waals surface area contributed by atoms with E-state index in [1.165, 1.54) is 17.3 Å². The van der Waals surface area contributed by atoms with Gasteiger partial charge in [0.05, 0.1) is 7.11 Å². The van der Waals surface area contributed by atoms with Gasteiger partial charge in [0, 0.05) is 18.3 Å². The maximum atomic E-state index is 5.27. The van der Waals surface area contributed by atoms with Crippen molar-refractivity contribution in [3.8, 4) is 5.75 Å². The van der Waals surface area contributed by atoms with Crippen molar-refractivity contribution >= 4 is 22.4 Å².